The Morgan fingerprint density at radius 1 is 0.358 bits per heavy atom. The van der Waals surface area contributed by atoms with Crippen LogP contribution >= 0.6 is 0 Å². The number of anilines is 3. The second-order valence-corrected chi connectivity index (χ2v) is 13.5. The van der Waals surface area contributed by atoms with E-state index in [4.69, 9.17) is 9.97 Å². The van der Waals surface area contributed by atoms with E-state index >= 15 is 0 Å². The molecule has 2 aromatic heterocycles. The van der Waals surface area contributed by atoms with Gasteiger partial charge in [-0.05, 0) is 110 Å². The fourth-order valence-corrected chi connectivity index (χ4v) is 7.59. The quantitative estimate of drug-likeness (QED) is 0.164. The van der Waals surface area contributed by atoms with Crippen molar-refractivity contribution in [2.75, 3.05) is 4.90 Å². The van der Waals surface area contributed by atoms with Crippen molar-refractivity contribution in [1.29, 1.82) is 0 Å². The van der Waals surface area contributed by atoms with Gasteiger partial charge < -0.3 is 4.90 Å². The topological polar surface area (TPSA) is 29.0 Å². The lowest BCUT2D eigenvalue weighted by Crippen LogP contribution is -2.09. The van der Waals surface area contributed by atoms with Crippen LogP contribution in [0.15, 0.2) is 200 Å². The highest BCUT2D eigenvalue weighted by atomic mass is 15.1. The van der Waals surface area contributed by atoms with Crippen LogP contribution in [0.1, 0.15) is 0 Å². The molecule has 248 valence electrons. The molecule has 0 saturated heterocycles. The molecule has 0 aliphatic heterocycles. The monoisotopic (exact) mass is 675 g/mol. The van der Waals surface area contributed by atoms with Crippen molar-refractivity contribution in [1.82, 2.24) is 9.97 Å². The molecular weight excluding hydrogens is 643 g/mol. The zero-order chi connectivity index (χ0) is 35.1. The minimum absolute atomic E-state index is 0.880. The number of fused-ring (bicyclic) bond motifs is 5. The Labute approximate surface area is 308 Å². The average molecular weight is 676 g/mol. The molecule has 0 aliphatic carbocycles. The van der Waals surface area contributed by atoms with Gasteiger partial charge in [-0.3, -0.25) is 4.98 Å². The van der Waals surface area contributed by atoms with Gasteiger partial charge in [-0.1, -0.05) is 133 Å². The van der Waals surface area contributed by atoms with Gasteiger partial charge in [-0.25, -0.2) is 4.98 Å². The van der Waals surface area contributed by atoms with Gasteiger partial charge in [0.2, 0.25) is 0 Å². The van der Waals surface area contributed by atoms with Crippen molar-refractivity contribution in [3.8, 4) is 33.5 Å². The number of rotatable bonds is 6. The first-order chi connectivity index (χ1) is 26.2. The fourth-order valence-electron chi connectivity index (χ4n) is 7.59. The molecule has 0 atom stereocenters. The molecule has 10 rings (SSSR count). The largest absolute Gasteiger partial charge is 0.310 e. The molecule has 3 nitrogen and oxygen atoms in total. The van der Waals surface area contributed by atoms with Gasteiger partial charge in [-0.15, -0.1) is 0 Å². The maximum Gasteiger partial charge on any atom is 0.0965 e. The lowest BCUT2D eigenvalue weighted by Gasteiger charge is -2.26. The third kappa shape index (κ3) is 5.65. The highest BCUT2D eigenvalue weighted by Crippen LogP contribution is 2.39. The number of pyridine rings is 2. The van der Waals surface area contributed by atoms with Crippen molar-refractivity contribution in [3.63, 3.8) is 0 Å². The maximum atomic E-state index is 5.05. The molecule has 0 spiro atoms. The van der Waals surface area contributed by atoms with E-state index in [0.717, 1.165) is 50.5 Å². The zero-order valence-corrected chi connectivity index (χ0v) is 28.9. The summed E-state index contributed by atoms with van der Waals surface area (Å²) in [6.07, 6.45) is 1.84. The maximum absolute atomic E-state index is 5.05. The summed E-state index contributed by atoms with van der Waals surface area (Å²) in [6.45, 7) is 0. The SMILES string of the molecule is c1ccc(-c2cc(-c3ccc(N(c4ccc(-c5ccc6c(ccc7ccccc76)c5)cc4)c4ccc5ccccc5c4)cc3)nc3cccnc23)cc1. The number of aromatic nitrogens is 2. The third-order valence-electron chi connectivity index (χ3n) is 10.3. The summed E-state index contributed by atoms with van der Waals surface area (Å²) >= 11 is 0. The summed E-state index contributed by atoms with van der Waals surface area (Å²) in [6, 6.07) is 69.3. The normalized spacial score (nSPS) is 11.4. The summed E-state index contributed by atoms with van der Waals surface area (Å²) in [4.78, 5) is 12.1. The second kappa shape index (κ2) is 12.9. The summed E-state index contributed by atoms with van der Waals surface area (Å²) in [5.41, 5.74) is 11.6. The minimum Gasteiger partial charge on any atom is -0.310 e. The molecule has 0 amide bonds. The zero-order valence-electron chi connectivity index (χ0n) is 28.9. The first-order valence-corrected chi connectivity index (χ1v) is 18.0. The summed E-state index contributed by atoms with van der Waals surface area (Å²) in [5.74, 6) is 0. The van der Waals surface area contributed by atoms with Crippen molar-refractivity contribution in [2.45, 2.75) is 0 Å². The van der Waals surface area contributed by atoms with E-state index in [9.17, 15) is 0 Å². The van der Waals surface area contributed by atoms with E-state index in [1.807, 2.05) is 24.4 Å². The van der Waals surface area contributed by atoms with Gasteiger partial charge in [0.15, 0.2) is 0 Å². The van der Waals surface area contributed by atoms with Crippen LogP contribution in [0, 0.1) is 0 Å². The van der Waals surface area contributed by atoms with Crippen LogP contribution < -0.4 is 4.90 Å². The van der Waals surface area contributed by atoms with Crippen molar-refractivity contribution in [2.24, 2.45) is 0 Å². The predicted molar refractivity (Wildman–Crippen MR) is 223 cm³/mol. The Bertz CT molecular complexity index is 2930. The highest BCUT2D eigenvalue weighted by molar-refractivity contribution is 6.08. The lowest BCUT2D eigenvalue weighted by atomic mass is 9.97. The molecule has 0 aliphatic rings. The molecule has 3 heteroatoms. The van der Waals surface area contributed by atoms with Gasteiger partial charge >= 0.3 is 0 Å². The Balaban J connectivity index is 1.04. The lowest BCUT2D eigenvalue weighted by molar-refractivity contribution is 1.28. The van der Waals surface area contributed by atoms with Gasteiger partial charge in [0, 0.05) is 34.4 Å². The van der Waals surface area contributed by atoms with E-state index in [1.54, 1.807) is 0 Å². The molecule has 10 aromatic rings. The molecular formula is C50H33N3. The summed E-state index contributed by atoms with van der Waals surface area (Å²) in [7, 11) is 0. The van der Waals surface area contributed by atoms with Crippen LogP contribution in [0.3, 0.4) is 0 Å². The number of hydrogen-bond donors (Lipinski definition) is 0. The van der Waals surface area contributed by atoms with E-state index in [0.29, 0.717) is 0 Å². The molecule has 2 heterocycles. The molecule has 0 radical (unpaired) electrons. The molecule has 0 fully saturated rings. The van der Waals surface area contributed by atoms with Crippen molar-refractivity contribution >= 4 is 60.4 Å². The van der Waals surface area contributed by atoms with Crippen LogP contribution in [0.5, 0.6) is 0 Å². The van der Waals surface area contributed by atoms with Crippen LogP contribution in [-0.2, 0) is 0 Å². The van der Waals surface area contributed by atoms with Crippen LogP contribution in [0.25, 0.3) is 76.9 Å². The smallest absolute Gasteiger partial charge is 0.0965 e. The second-order valence-electron chi connectivity index (χ2n) is 13.5. The predicted octanol–water partition coefficient (Wildman–Crippen LogP) is 13.6. The Hall–Kier alpha value is -7.10. The average Bonchev–Trinajstić information content (AvgIpc) is 3.24. The van der Waals surface area contributed by atoms with Crippen LogP contribution in [0.4, 0.5) is 17.1 Å². The Morgan fingerprint density at radius 2 is 0.981 bits per heavy atom. The molecule has 0 saturated carbocycles. The van der Waals surface area contributed by atoms with Crippen molar-refractivity contribution in [3.05, 3.63) is 200 Å². The van der Waals surface area contributed by atoms with Gasteiger partial charge in [-0.2, -0.15) is 0 Å². The number of benzene rings is 8. The first-order valence-electron chi connectivity index (χ1n) is 18.0. The number of hydrogen-bond acceptors (Lipinski definition) is 3. The standard InChI is InChI=1S/C50H33N3/c1-2-10-36(11-3-1)47-33-49(52-48-15-8-30-51-50(47)48)38-21-26-43(27-22-38)53(44-28-20-34-9-4-5-13-39(34)32-44)42-24-18-35(19-25-42)40-23-29-46-41(31-40)17-16-37-12-6-7-14-45(37)46/h1-33H. The van der Waals surface area contributed by atoms with Crippen LogP contribution in [-0.4, -0.2) is 9.97 Å². The van der Waals surface area contributed by atoms with Crippen molar-refractivity contribution < 1.29 is 0 Å². The number of nitrogens with zero attached hydrogens (tertiary/aromatic N) is 3. The highest BCUT2D eigenvalue weighted by Gasteiger charge is 2.16. The first kappa shape index (κ1) is 30.7. The molecule has 0 N–H and O–H groups in total. The van der Waals surface area contributed by atoms with E-state index in [2.05, 4.69) is 181 Å². The Morgan fingerprint density at radius 3 is 1.79 bits per heavy atom. The van der Waals surface area contributed by atoms with Gasteiger partial charge in [0.1, 0.15) is 0 Å². The minimum atomic E-state index is 0.880. The van der Waals surface area contributed by atoms with E-state index in [-0.39, 0.29) is 0 Å². The van der Waals surface area contributed by atoms with Gasteiger partial charge in [0.25, 0.3) is 0 Å². The van der Waals surface area contributed by atoms with Crippen LogP contribution in [0.2, 0.25) is 0 Å². The third-order valence-corrected chi connectivity index (χ3v) is 10.3. The molecule has 53 heavy (non-hydrogen) atoms. The summed E-state index contributed by atoms with van der Waals surface area (Å²) in [5, 5.41) is 7.50. The Kier molecular flexibility index (Phi) is 7.47. The van der Waals surface area contributed by atoms with E-state index in [1.165, 1.54) is 43.4 Å². The summed E-state index contributed by atoms with van der Waals surface area (Å²) < 4.78 is 0. The molecule has 8 aromatic carbocycles. The fraction of sp³-hybridized carbons (Fsp3) is 0. The van der Waals surface area contributed by atoms with Gasteiger partial charge in [0.05, 0.1) is 16.7 Å². The molecule has 0 unspecified atom stereocenters. The molecule has 0 bridgehead atoms. The van der Waals surface area contributed by atoms with E-state index < -0.39 is 0 Å².